The average Bonchev–Trinajstić information content (AvgIpc) is 2.41. The summed E-state index contributed by atoms with van der Waals surface area (Å²) < 4.78 is 0. The summed E-state index contributed by atoms with van der Waals surface area (Å²) in [6.07, 6.45) is 7.55. The fraction of sp³-hybridized carbons (Fsp3) is 1.00. The minimum Gasteiger partial charge on any atom is -0.0617 e. The molecule has 0 heterocycles. The number of hydrogen-bond acceptors (Lipinski definition) is 0. The van der Waals surface area contributed by atoms with Gasteiger partial charge in [0.1, 0.15) is 0 Å². The molecule has 2 rings (SSSR count). The second-order valence-electron chi connectivity index (χ2n) is 6.73. The van der Waals surface area contributed by atoms with E-state index in [4.69, 9.17) is 0 Å². The van der Waals surface area contributed by atoms with Crippen molar-refractivity contribution in [2.45, 2.75) is 59.8 Å². The highest BCUT2D eigenvalue weighted by molar-refractivity contribution is 5.01. The Morgan fingerprint density at radius 3 is 2.00 bits per heavy atom. The van der Waals surface area contributed by atoms with E-state index in [1.54, 1.807) is 0 Å². The Morgan fingerprint density at radius 1 is 1.15 bits per heavy atom. The van der Waals surface area contributed by atoms with Gasteiger partial charge >= 0.3 is 0 Å². The Kier molecular flexibility index (Phi) is 2.02. The van der Waals surface area contributed by atoms with Crippen molar-refractivity contribution in [3.8, 4) is 0 Å². The molecule has 0 nitrogen and oxygen atoms in total. The minimum atomic E-state index is 0.535. The van der Waals surface area contributed by atoms with Crippen molar-refractivity contribution in [3.63, 3.8) is 0 Å². The fourth-order valence-corrected chi connectivity index (χ4v) is 4.06. The van der Waals surface area contributed by atoms with Gasteiger partial charge in [0.25, 0.3) is 0 Å². The normalized spacial score (nSPS) is 44.3. The summed E-state index contributed by atoms with van der Waals surface area (Å²) in [5, 5.41) is 0. The van der Waals surface area contributed by atoms with Crippen molar-refractivity contribution >= 4 is 0 Å². The summed E-state index contributed by atoms with van der Waals surface area (Å²) in [5.41, 5.74) is 1.29. The molecule has 0 saturated heterocycles. The summed E-state index contributed by atoms with van der Waals surface area (Å²) in [7, 11) is 0. The standard InChI is InChI=1S/C13H24/c1-10-11-5-7-13(10,8-6-11)9-12(2,3)4/h10-11H,5-9H2,1-4H3. The van der Waals surface area contributed by atoms with Crippen LogP contribution in [0.25, 0.3) is 0 Å². The van der Waals surface area contributed by atoms with Crippen molar-refractivity contribution in [3.05, 3.63) is 0 Å². The summed E-state index contributed by atoms with van der Waals surface area (Å²) >= 11 is 0. The molecule has 0 amide bonds. The van der Waals surface area contributed by atoms with Crippen LogP contribution in [0, 0.1) is 22.7 Å². The third kappa shape index (κ3) is 1.53. The van der Waals surface area contributed by atoms with Crippen molar-refractivity contribution in [2.24, 2.45) is 22.7 Å². The SMILES string of the molecule is CC1C2CCC1(CC(C)(C)C)CC2. The highest BCUT2D eigenvalue weighted by Crippen LogP contribution is 2.62. The van der Waals surface area contributed by atoms with E-state index in [2.05, 4.69) is 27.7 Å². The first-order valence-corrected chi connectivity index (χ1v) is 5.93. The highest BCUT2D eigenvalue weighted by Gasteiger charge is 2.51. The van der Waals surface area contributed by atoms with Gasteiger partial charge in [0.15, 0.2) is 0 Å². The third-order valence-electron chi connectivity index (χ3n) is 4.58. The molecule has 2 saturated carbocycles. The molecule has 2 bridgehead atoms. The van der Waals surface area contributed by atoms with Crippen LogP contribution in [-0.4, -0.2) is 0 Å². The Labute approximate surface area is 83.1 Å². The van der Waals surface area contributed by atoms with E-state index in [1.807, 2.05) is 0 Å². The quantitative estimate of drug-likeness (QED) is 0.566. The molecule has 0 radical (unpaired) electrons. The zero-order valence-electron chi connectivity index (χ0n) is 9.69. The first-order chi connectivity index (χ1) is 5.93. The van der Waals surface area contributed by atoms with E-state index in [-0.39, 0.29) is 0 Å². The van der Waals surface area contributed by atoms with E-state index >= 15 is 0 Å². The van der Waals surface area contributed by atoms with Gasteiger partial charge in [-0.1, -0.05) is 27.7 Å². The van der Waals surface area contributed by atoms with Gasteiger partial charge in [0.2, 0.25) is 0 Å². The van der Waals surface area contributed by atoms with Crippen molar-refractivity contribution in [1.82, 2.24) is 0 Å². The van der Waals surface area contributed by atoms with Gasteiger partial charge in [-0.2, -0.15) is 0 Å². The van der Waals surface area contributed by atoms with Gasteiger partial charge < -0.3 is 0 Å². The summed E-state index contributed by atoms with van der Waals surface area (Å²) in [6.45, 7) is 9.72. The van der Waals surface area contributed by atoms with Crippen LogP contribution in [0.1, 0.15) is 59.8 Å². The predicted octanol–water partition coefficient (Wildman–Crippen LogP) is 4.25. The van der Waals surface area contributed by atoms with E-state index < -0.39 is 0 Å². The Balaban J connectivity index is 2.12. The smallest absolute Gasteiger partial charge is 0.0264 e. The summed E-state index contributed by atoms with van der Waals surface area (Å²) in [5.74, 6) is 2.11. The first kappa shape index (κ1) is 9.55. The molecule has 0 heteroatoms. The molecule has 0 aliphatic heterocycles. The predicted molar refractivity (Wildman–Crippen MR) is 57.6 cm³/mol. The van der Waals surface area contributed by atoms with Crippen LogP contribution < -0.4 is 0 Å². The fourth-order valence-electron chi connectivity index (χ4n) is 4.06. The lowest BCUT2D eigenvalue weighted by Crippen LogP contribution is -2.26. The van der Waals surface area contributed by atoms with Crippen molar-refractivity contribution in [2.75, 3.05) is 0 Å². The number of rotatable bonds is 1. The van der Waals surface area contributed by atoms with Crippen LogP contribution in [-0.2, 0) is 0 Å². The van der Waals surface area contributed by atoms with Crippen molar-refractivity contribution < 1.29 is 0 Å². The second-order valence-corrected chi connectivity index (χ2v) is 6.73. The van der Waals surface area contributed by atoms with Crippen LogP contribution in [0.2, 0.25) is 0 Å². The second kappa shape index (κ2) is 2.74. The molecule has 2 aliphatic rings. The maximum absolute atomic E-state index is 2.51. The molecule has 0 N–H and O–H groups in total. The minimum absolute atomic E-state index is 0.535. The molecule has 2 fully saturated rings. The Bertz CT molecular complexity index is 189. The van der Waals surface area contributed by atoms with Gasteiger partial charge in [-0.05, 0) is 54.8 Å². The van der Waals surface area contributed by atoms with Gasteiger partial charge in [0.05, 0.1) is 0 Å². The van der Waals surface area contributed by atoms with Crippen LogP contribution in [0.15, 0.2) is 0 Å². The lowest BCUT2D eigenvalue weighted by atomic mass is 9.69. The molecular weight excluding hydrogens is 156 g/mol. The number of hydrogen-bond donors (Lipinski definition) is 0. The Morgan fingerprint density at radius 2 is 1.69 bits per heavy atom. The maximum atomic E-state index is 2.51. The summed E-state index contributed by atoms with van der Waals surface area (Å²) in [4.78, 5) is 0. The zero-order chi connectivity index (χ0) is 9.69. The molecule has 1 unspecified atom stereocenters. The van der Waals surface area contributed by atoms with Crippen LogP contribution in [0.4, 0.5) is 0 Å². The molecule has 1 atom stereocenters. The van der Waals surface area contributed by atoms with Crippen LogP contribution in [0.5, 0.6) is 0 Å². The molecule has 0 aromatic heterocycles. The molecule has 2 aliphatic carbocycles. The maximum Gasteiger partial charge on any atom is -0.0264 e. The zero-order valence-corrected chi connectivity index (χ0v) is 9.69. The number of fused-ring (bicyclic) bond motifs is 2. The topological polar surface area (TPSA) is 0 Å². The molecule has 0 spiro atoms. The lowest BCUT2D eigenvalue weighted by Gasteiger charge is -2.36. The van der Waals surface area contributed by atoms with Gasteiger partial charge in [-0.3, -0.25) is 0 Å². The van der Waals surface area contributed by atoms with E-state index in [0.717, 1.165) is 17.3 Å². The van der Waals surface area contributed by atoms with E-state index in [0.29, 0.717) is 5.41 Å². The molecular formula is C13H24. The van der Waals surface area contributed by atoms with Crippen LogP contribution >= 0.6 is 0 Å². The monoisotopic (exact) mass is 180 g/mol. The largest absolute Gasteiger partial charge is 0.0617 e. The lowest BCUT2D eigenvalue weighted by molar-refractivity contribution is 0.139. The van der Waals surface area contributed by atoms with Gasteiger partial charge in [0, 0.05) is 0 Å². The van der Waals surface area contributed by atoms with Crippen LogP contribution in [0.3, 0.4) is 0 Å². The Hall–Kier alpha value is 0. The van der Waals surface area contributed by atoms with Gasteiger partial charge in [-0.25, -0.2) is 0 Å². The van der Waals surface area contributed by atoms with E-state index in [9.17, 15) is 0 Å². The molecule has 76 valence electrons. The van der Waals surface area contributed by atoms with Gasteiger partial charge in [-0.15, -0.1) is 0 Å². The van der Waals surface area contributed by atoms with Crippen molar-refractivity contribution in [1.29, 1.82) is 0 Å². The average molecular weight is 180 g/mol. The van der Waals surface area contributed by atoms with E-state index in [1.165, 1.54) is 32.1 Å². The molecule has 13 heavy (non-hydrogen) atoms. The first-order valence-electron chi connectivity index (χ1n) is 5.93. The molecule has 0 aromatic carbocycles. The third-order valence-corrected chi connectivity index (χ3v) is 4.58. The summed E-state index contributed by atoms with van der Waals surface area (Å²) in [6, 6.07) is 0. The highest BCUT2D eigenvalue weighted by atomic mass is 14.6. The molecule has 0 aromatic rings.